The van der Waals surface area contributed by atoms with Crippen LogP contribution in [-0.4, -0.2) is 50.8 Å². The molecule has 1 spiro atoms. The molecular formula is C18H28N4O4. The van der Waals surface area contributed by atoms with Gasteiger partial charge in [0.1, 0.15) is 11.3 Å². The number of tetrazole rings is 1. The highest BCUT2D eigenvalue weighted by Gasteiger charge is 2.55. The minimum atomic E-state index is -0.609. The Morgan fingerprint density at radius 2 is 1.58 bits per heavy atom. The molecule has 1 aromatic heterocycles. The Bertz CT molecular complexity index is 689. The fourth-order valence-corrected chi connectivity index (χ4v) is 3.91. The molecule has 2 fully saturated rings. The molecule has 0 bridgehead atoms. The van der Waals surface area contributed by atoms with Crippen molar-refractivity contribution >= 4 is 11.6 Å². The summed E-state index contributed by atoms with van der Waals surface area (Å²) < 4.78 is 12.9. The number of carbonyl (C=O) groups is 2. The summed E-state index contributed by atoms with van der Waals surface area (Å²) in [5.74, 6) is 0.678. The van der Waals surface area contributed by atoms with Crippen LogP contribution in [0.15, 0.2) is 0 Å². The van der Waals surface area contributed by atoms with Crippen LogP contribution in [0.3, 0.4) is 0 Å². The van der Waals surface area contributed by atoms with Gasteiger partial charge >= 0.3 is 0 Å². The van der Waals surface area contributed by atoms with E-state index in [9.17, 15) is 9.59 Å². The van der Waals surface area contributed by atoms with Crippen LogP contribution in [0.4, 0.5) is 0 Å². The zero-order chi connectivity index (χ0) is 19.0. The van der Waals surface area contributed by atoms with Crippen LogP contribution in [0.2, 0.25) is 0 Å². The third-order valence-corrected chi connectivity index (χ3v) is 5.86. The van der Waals surface area contributed by atoms with E-state index in [0.29, 0.717) is 26.1 Å². The van der Waals surface area contributed by atoms with Crippen molar-refractivity contribution in [2.24, 2.45) is 5.41 Å². The van der Waals surface area contributed by atoms with E-state index in [-0.39, 0.29) is 11.6 Å². The van der Waals surface area contributed by atoms with Crippen LogP contribution in [-0.2, 0) is 31.0 Å². The second kappa shape index (κ2) is 6.81. The molecule has 3 heterocycles. The number of nitrogens with zero attached hydrogens (tertiary/aromatic N) is 4. The van der Waals surface area contributed by atoms with Gasteiger partial charge in [0, 0.05) is 25.7 Å². The molecule has 0 atom stereocenters. The summed E-state index contributed by atoms with van der Waals surface area (Å²) in [6, 6.07) is 0. The van der Waals surface area contributed by atoms with Crippen molar-refractivity contribution in [2.45, 2.75) is 77.5 Å². The van der Waals surface area contributed by atoms with Gasteiger partial charge in [-0.25, -0.2) is 4.68 Å². The monoisotopic (exact) mass is 364 g/mol. The van der Waals surface area contributed by atoms with Crippen LogP contribution >= 0.6 is 0 Å². The van der Waals surface area contributed by atoms with Gasteiger partial charge in [0.2, 0.25) is 0 Å². The lowest BCUT2D eigenvalue weighted by Gasteiger charge is -2.44. The Kier molecular flexibility index (Phi) is 5.00. The first-order chi connectivity index (χ1) is 12.2. The van der Waals surface area contributed by atoms with Gasteiger partial charge < -0.3 is 9.47 Å². The fourth-order valence-electron chi connectivity index (χ4n) is 3.91. The third-order valence-electron chi connectivity index (χ3n) is 5.86. The number of aryl methyl sites for hydroxylation is 1. The number of ether oxygens (including phenoxy) is 2. The molecule has 1 saturated carbocycles. The highest BCUT2D eigenvalue weighted by molar-refractivity contribution is 5.86. The zero-order valence-electron chi connectivity index (χ0n) is 16.1. The summed E-state index contributed by atoms with van der Waals surface area (Å²) in [6.45, 7) is 8.83. The number of hydrogen-bond donors (Lipinski definition) is 0. The van der Waals surface area contributed by atoms with Crippen LogP contribution in [0.5, 0.6) is 0 Å². The van der Waals surface area contributed by atoms with Crippen molar-refractivity contribution in [1.29, 1.82) is 0 Å². The molecule has 4 rings (SSSR count). The molecule has 2 aliphatic heterocycles. The Morgan fingerprint density at radius 3 is 2.27 bits per heavy atom. The molecule has 26 heavy (non-hydrogen) atoms. The molecule has 0 aromatic carbocycles. The first-order valence-electron chi connectivity index (χ1n) is 9.33. The summed E-state index contributed by atoms with van der Waals surface area (Å²) in [6.07, 6.45) is 4.66. The molecule has 0 radical (unpaired) electrons. The van der Waals surface area contributed by atoms with Crippen molar-refractivity contribution < 1.29 is 19.1 Å². The smallest absolute Gasteiger partial charge is 0.180 e. The number of ketones is 2. The molecule has 144 valence electrons. The Hall–Kier alpha value is -1.67. The van der Waals surface area contributed by atoms with Gasteiger partial charge in [0.05, 0.1) is 18.6 Å². The molecule has 1 aromatic rings. The van der Waals surface area contributed by atoms with E-state index in [0.717, 1.165) is 31.5 Å². The summed E-state index contributed by atoms with van der Waals surface area (Å²) >= 11 is 0. The molecule has 1 saturated heterocycles. The second-order valence-electron chi connectivity index (χ2n) is 8.19. The number of rotatable bonds is 0. The van der Waals surface area contributed by atoms with Crippen LogP contribution in [0.1, 0.15) is 65.6 Å². The standard InChI is InChI=1S/C10H16O3.C8H12N4O/c1-9(2)8(11)4-3-5-10(9)12-6-7-13-10;1-8(2)6(13)4-3-5-7-9-10-11-12(7)8/h3-7H2,1-2H3;3-5H2,1-2H3. The number of fused-ring (bicyclic) bond motifs is 1. The predicted octanol–water partition coefficient (Wildman–Crippen LogP) is 1.82. The molecule has 0 unspecified atom stereocenters. The van der Waals surface area contributed by atoms with E-state index in [1.807, 2.05) is 27.7 Å². The third kappa shape index (κ3) is 3.09. The van der Waals surface area contributed by atoms with Crippen LogP contribution < -0.4 is 0 Å². The molecule has 1 aliphatic carbocycles. The van der Waals surface area contributed by atoms with Gasteiger partial charge in [0.25, 0.3) is 0 Å². The van der Waals surface area contributed by atoms with E-state index in [1.54, 1.807) is 4.68 Å². The average Bonchev–Trinajstić information content (AvgIpc) is 3.22. The number of carbonyl (C=O) groups excluding carboxylic acids is 2. The number of aromatic nitrogens is 4. The largest absolute Gasteiger partial charge is 0.347 e. The maximum absolute atomic E-state index is 11.7. The second-order valence-corrected chi connectivity index (χ2v) is 8.19. The Labute approximate surface area is 153 Å². The fraction of sp³-hybridized carbons (Fsp3) is 0.833. The summed E-state index contributed by atoms with van der Waals surface area (Å²) in [4.78, 5) is 23.4. The number of hydrogen-bond acceptors (Lipinski definition) is 7. The van der Waals surface area contributed by atoms with E-state index < -0.39 is 16.7 Å². The van der Waals surface area contributed by atoms with Crippen molar-refractivity contribution in [3.8, 4) is 0 Å². The molecule has 8 nitrogen and oxygen atoms in total. The van der Waals surface area contributed by atoms with Gasteiger partial charge in [0.15, 0.2) is 17.4 Å². The lowest BCUT2D eigenvalue weighted by atomic mass is 9.71. The van der Waals surface area contributed by atoms with Crippen molar-refractivity contribution in [1.82, 2.24) is 20.2 Å². The maximum atomic E-state index is 11.7. The summed E-state index contributed by atoms with van der Waals surface area (Å²) in [7, 11) is 0. The van der Waals surface area contributed by atoms with Crippen molar-refractivity contribution in [2.75, 3.05) is 13.2 Å². The Balaban J connectivity index is 0.000000151. The highest BCUT2D eigenvalue weighted by atomic mass is 16.7. The van der Waals surface area contributed by atoms with Crippen molar-refractivity contribution in [3.05, 3.63) is 5.82 Å². The summed E-state index contributed by atoms with van der Waals surface area (Å²) in [5.41, 5.74) is -1.04. The first kappa shape index (κ1) is 19.1. The quantitative estimate of drug-likeness (QED) is 0.693. The van der Waals surface area contributed by atoms with E-state index in [1.165, 1.54) is 0 Å². The average molecular weight is 364 g/mol. The zero-order valence-corrected chi connectivity index (χ0v) is 16.1. The van der Waals surface area contributed by atoms with E-state index in [2.05, 4.69) is 15.5 Å². The molecule has 0 N–H and O–H groups in total. The van der Waals surface area contributed by atoms with Crippen LogP contribution in [0.25, 0.3) is 0 Å². The predicted molar refractivity (Wildman–Crippen MR) is 92.4 cm³/mol. The topological polar surface area (TPSA) is 96.2 Å². The normalized spacial score (nSPS) is 26.0. The molecular weight excluding hydrogens is 336 g/mol. The minimum Gasteiger partial charge on any atom is -0.347 e. The van der Waals surface area contributed by atoms with Crippen molar-refractivity contribution in [3.63, 3.8) is 0 Å². The SMILES string of the molecule is CC1(C)C(=O)CCCC12OCCO2.CC1(C)C(=O)CCCc2nnnn21. The van der Waals surface area contributed by atoms with Gasteiger partial charge in [-0.3, -0.25) is 9.59 Å². The summed E-state index contributed by atoms with van der Waals surface area (Å²) in [5, 5.41) is 11.3. The van der Waals surface area contributed by atoms with Gasteiger partial charge in [-0.2, -0.15) is 0 Å². The molecule has 3 aliphatic rings. The van der Waals surface area contributed by atoms with Gasteiger partial charge in [-0.15, -0.1) is 5.10 Å². The first-order valence-corrected chi connectivity index (χ1v) is 9.33. The van der Waals surface area contributed by atoms with E-state index in [4.69, 9.17) is 9.47 Å². The Morgan fingerprint density at radius 1 is 0.923 bits per heavy atom. The molecule has 0 amide bonds. The molecule has 8 heteroatoms. The number of Topliss-reactive ketones (excluding diaryl/α,β-unsaturated/α-hetero) is 2. The highest BCUT2D eigenvalue weighted by Crippen LogP contribution is 2.46. The maximum Gasteiger partial charge on any atom is 0.180 e. The van der Waals surface area contributed by atoms with E-state index >= 15 is 0 Å². The van der Waals surface area contributed by atoms with Gasteiger partial charge in [-0.1, -0.05) is 0 Å². The lowest BCUT2D eigenvalue weighted by molar-refractivity contribution is -0.236. The minimum absolute atomic E-state index is 0.207. The van der Waals surface area contributed by atoms with Crippen LogP contribution in [0, 0.1) is 5.41 Å². The van der Waals surface area contributed by atoms with Gasteiger partial charge in [-0.05, 0) is 51.0 Å². The lowest BCUT2D eigenvalue weighted by Crippen LogP contribution is -2.53.